The zero-order valence-electron chi connectivity index (χ0n) is 15.4. The summed E-state index contributed by atoms with van der Waals surface area (Å²) in [6.45, 7) is 3.56. The van der Waals surface area contributed by atoms with E-state index in [0.717, 1.165) is 43.6 Å². The second-order valence-electron chi connectivity index (χ2n) is 7.26. The molecule has 0 aliphatic carbocycles. The van der Waals surface area contributed by atoms with Gasteiger partial charge in [0.15, 0.2) is 0 Å². The van der Waals surface area contributed by atoms with Gasteiger partial charge in [-0.3, -0.25) is 4.79 Å². The van der Waals surface area contributed by atoms with Gasteiger partial charge in [0.05, 0.1) is 12.3 Å². The molecule has 2 aromatic rings. The van der Waals surface area contributed by atoms with Crippen molar-refractivity contribution in [1.82, 2.24) is 15.1 Å². The lowest BCUT2D eigenvalue weighted by Gasteiger charge is -2.26. The first-order valence-corrected chi connectivity index (χ1v) is 9.68. The number of hydrogen-bond donors (Lipinski definition) is 0. The van der Waals surface area contributed by atoms with Crippen LogP contribution < -0.4 is 4.74 Å². The van der Waals surface area contributed by atoms with Crippen LogP contribution in [0.2, 0.25) is 0 Å². The maximum Gasteiger partial charge on any atom is 0.233 e. The zero-order chi connectivity index (χ0) is 18.5. The number of nitrogens with zero attached hydrogens (tertiary/aromatic N) is 3. The lowest BCUT2D eigenvalue weighted by Crippen LogP contribution is -2.37. The van der Waals surface area contributed by atoms with E-state index in [4.69, 9.17) is 9.47 Å². The number of aromatic nitrogens is 2. The summed E-state index contributed by atoms with van der Waals surface area (Å²) in [4.78, 5) is 14.6. The summed E-state index contributed by atoms with van der Waals surface area (Å²) < 4.78 is 11.2. The molecular weight excluding hydrogens is 342 g/mol. The number of likely N-dealkylation sites (tertiary alicyclic amines) is 1. The van der Waals surface area contributed by atoms with E-state index in [1.54, 1.807) is 0 Å². The van der Waals surface area contributed by atoms with Crippen LogP contribution >= 0.6 is 0 Å². The van der Waals surface area contributed by atoms with Crippen molar-refractivity contribution in [3.05, 3.63) is 42.5 Å². The highest BCUT2D eigenvalue weighted by molar-refractivity contribution is 5.79. The Bertz CT molecular complexity index is 745. The van der Waals surface area contributed by atoms with Crippen LogP contribution in [0.25, 0.3) is 11.3 Å². The highest BCUT2D eigenvalue weighted by Gasteiger charge is 2.32. The Morgan fingerprint density at radius 2 is 1.89 bits per heavy atom. The van der Waals surface area contributed by atoms with Crippen LogP contribution in [0, 0.1) is 11.8 Å². The minimum atomic E-state index is 0.134. The van der Waals surface area contributed by atoms with Crippen LogP contribution in [-0.2, 0) is 9.53 Å². The summed E-state index contributed by atoms with van der Waals surface area (Å²) in [7, 11) is 0. The number of hydrogen-bond acceptors (Lipinski definition) is 5. The third kappa shape index (κ3) is 4.45. The molecule has 0 radical (unpaired) electrons. The van der Waals surface area contributed by atoms with E-state index in [-0.39, 0.29) is 11.8 Å². The van der Waals surface area contributed by atoms with E-state index < -0.39 is 0 Å². The van der Waals surface area contributed by atoms with E-state index in [0.29, 0.717) is 31.6 Å². The topological polar surface area (TPSA) is 64.5 Å². The predicted octanol–water partition coefficient (Wildman–Crippen LogP) is 2.80. The van der Waals surface area contributed by atoms with Crippen molar-refractivity contribution in [3.63, 3.8) is 0 Å². The smallest absolute Gasteiger partial charge is 0.233 e. The molecule has 142 valence electrons. The molecule has 1 unspecified atom stereocenters. The van der Waals surface area contributed by atoms with Gasteiger partial charge >= 0.3 is 0 Å². The van der Waals surface area contributed by atoms with Crippen LogP contribution in [0.4, 0.5) is 0 Å². The molecular formula is C21H25N3O3. The molecule has 0 N–H and O–H groups in total. The Kier molecular flexibility index (Phi) is 5.63. The molecule has 0 saturated carbocycles. The first kappa shape index (κ1) is 17.9. The summed E-state index contributed by atoms with van der Waals surface area (Å²) in [6, 6.07) is 13.7. The van der Waals surface area contributed by atoms with Gasteiger partial charge in [-0.2, -0.15) is 0 Å². The van der Waals surface area contributed by atoms with Crippen molar-refractivity contribution >= 4 is 5.91 Å². The molecule has 2 saturated heterocycles. The van der Waals surface area contributed by atoms with Gasteiger partial charge in [0.1, 0.15) is 0 Å². The average molecular weight is 367 g/mol. The zero-order valence-corrected chi connectivity index (χ0v) is 15.4. The van der Waals surface area contributed by atoms with Crippen LogP contribution in [0.15, 0.2) is 42.5 Å². The normalized spacial score (nSPS) is 20.6. The van der Waals surface area contributed by atoms with Gasteiger partial charge < -0.3 is 14.4 Å². The van der Waals surface area contributed by atoms with Crippen LogP contribution in [0.3, 0.4) is 0 Å². The van der Waals surface area contributed by atoms with Crippen LogP contribution in [0.1, 0.15) is 19.3 Å². The fraction of sp³-hybridized carbons (Fsp3) is 0.476. The fourth-order valence-electron chi connectivity index (χ4n) is 3.73. The second kappa shape index (κ2) is 8.48. The molecule has 4 rings (SSSR count). The Balaban J connectivity index is 1.26. The maximum absolute atomic E-state index is 12.6. The molecule has 1 aromatic heterocycles. The van der Waals surface area contributed by atoms with Gasteiger partial charge in [-0.05, 0) is 25.3 Å². The molecule has 3 heterocycles. The standard InChI is InChI=1S/C21H25N3O3/c25-21(18-9-12-26-13-10-18)24-11-8-16(14-24)15-27-20-7-6-19(22-23-20)17-4-2-1-3-5-17/h1-7,16,18H,8-15H2. The predicted molar refractivity (Wildman–Crippen MR) is 101 cm³/mol. The lowest BCUT2D eigenvalue weighted by atomic mass is 9.99. The van der Waals surface area contributed by atoms with Gasteiger partial charge in [0.2, 0.25) is 11.8 Å². The Hall–Kier alpha value is -2.47. The number of carbonyl (C=O) groups excluding carboxylic acids is 1. The molecule has 2 aliphatic rings. The van der Waals surface area contributed by atoms with Crippen molar-refractivity contribution in [2.75, 3.05) is 32.9 Å². The third-order valence-electron chi connectivity index (χ3n) is 5.34. The van der Waals surface area contributed by atoms with Crippen molar-refractivity contribution in [2.45, 2.75) is 19.3 Å². The van der Waals surface area contributed by atoms with Crippen LogP contribution in [0.5, 0.6) is 5.88 Å². The van der Waals surface area contributed by atoms with Gasteiger partial charge in [-0.25, -0.2) is 0 Å². The van der Waals surface area contributed by atoms with Crippen molar-refractivity contribution in [3.8, 4) is 17.1 Å². The molecule has 2 fully saturated rings. The second-order valence-corrected chi connectivity index (χ2v) is 7.26. The van der Waals surface area contributed by atoms with Gasteiger partial charge in [-0.1, -0.05) is 30.3 Å². The molecule has 0 bridgehead atoms. The molecule has 0 spiro atoms. The first-order valence-electron chi connectivity index (χ1n) is 9.68. The van der Waals surface area contributed by atoms with Crippen molar-refractivity contribution in [2.24, 2.45) is 11.8 Å². The van der Waals surface area contributed by atoms with Crippen LogP contribution in [-0.4, -0.2) is 53.9 Å². The molecule has 6 nitrogen and oxygen atoms in total. The minimum Gasteiger partial charge on any atom is -0.476 e. The molecule has 1 amide bonds. The van der Waals surface area contributed by atoms with Crippen molar-refractivity contribution < 1.29 is 14.3 Å². The lowest BCUT2D eigenvalue weighted by molar-refractivity contribution is -0.137. The largest absolute Gasteiger partial charge is 0.476 e. The molecule has 27 heavy (non-hydrogen) atoms. The molecule has 1 aromatic carbocycles. The van der Waals surface area contributed by atoms with Gasteiger partial charge in [0, 0.05) is 49.8 Å². The SMILES string of the molecule is O=C(C1CCOCC1)N1CCC(COc2ccc(-c3ccccc3)nn2)C1. The molecule has 1 atom stereocenters. The summed E-state index contributed by atoms with van der Waals surface area (Å²) in [5, 5.41) is 8.42. The third-order valence-corrected chi connectivity index (χ3v) is 5.34. The van der Waals surface area contributed by atoms with E-state index >= 15 is 0 Å². The molecule has 2 aliphatic heterocycles. The number of rotatable bonds is 5. The van der Waals surface area contributed by atoms with E-state index in [1.807, 2.05) is 47.4 Å². The number of ether oxygens (including phenoxy) is 2. The molecule has 6 heteroatoms. The summed E-state index contributed by atoms with van der Waals surface area (Å²) in [5.41, 5.74) is 1.87. The Labute approximate surface area is 159 Å². The minimum absolute atomic E-state index is 0.134. The van der Waals surface area contributed by atoms with Gasteiger partial charge in [-0.15, -0.1) is 10.2 Å². The quantitative estimate of drug-likeness (QED) is 0.813. The first-order chi connectivity index (χ1) is 13.3. The summed E-state index contributed by atoms with van der Waals surface area (Å²) in [5.74, 6) is 1.30. The Morgan fingerprint density at radius 3 is 2.63 bits per heavy atom. The number of amides is 1. The van der Waals surface area contributed by atoms with E-state index in [9.17, 15) is 4.79 Å². The monoisotopic (exact) mass is 367 g/mol. The van der Waals surface area contributed by atoms with E-state index in [1.165, 1.54) is 0 Å². The van der Waals surface area contributed by atoms with E-state index in [2.05, 4.69) is 10.2 Å². The van der Waals surface area contributed by atoms with Crippen molar-refractivity contribution in [1.29, 1.82) is 0 Å². The average Bonchev–Trinajstić information content (AvgIpc) is 3.22. The fourth-order valence-corrected chi connectivity index (χ4v) is 3.73. The summed E-state index contributed by atoms with van der Waals surface area (Å²) >= 11 is 0. The number of carbonyl (C=O) groups is 1. The summed E-state index contributed by atoms with van der Waals surface area (Å²) in [6.07, 6.45) is 2.67. The Morgan fingerprint density at radius 1 is 1.07 bits per heavy atom. The number of benzene rings is 1. The highest BCUT2D eigenvalue weighted by atomic mass is 16.5. The maximum atomic E-state index is 12.6. The van der Waals surface area contributed by atoms with Gasteiger partial charge in [0.25, 0.3) is 0 Å². The highest BCUT2D eigenvalue weighted by Crippen LogP contribution is 2.24.